The second kappa shape index (κ2) is 3.66. The Labute approximate surface area is 70.8 Å². The van der Waals surface area contributed by atoms with Crippen molar-refractivity contribution in [1.29, 1.82) is 0 Å². The quantitative estimate of drug-likeness (QED) is 0.682. The zero-order chi connectivity index (χ0) is 9.19. The molecule has 72 valence electrons. The number of hydrogen-bond acceptors (Lipinski definition) is 2. The van der Waals surface area contributed by atoms with Crippen molar-refractivity contribution in [2.24, 2.45) is 11.7 Å². The zero-order valence-electron chi connectivity index (χ0n) is 6.97. The van der Waals surface area contributed by atoms with Crippen molar-refractivity contribution in [3.63, 3.8) is 0 Å². The fourth-order valence-electron chi connectivity index (χ4n) is 1.72. The molecule has 3 N–H and O–H groups in total. The molecule has 2 atom stereocenters. The molecule has 2 nitrogen and oxygen atoms in total. The molecule has 0 aromatic heterocycles. The first kappa shape index (κ1) is 9.86. The van der Waals surface area contributed by atoms with Gasteiger partial charge in [0.2, 0.25) is 5.92 Å². The predicted molar refractivity (Wildman–Crippen MR) is 42.0 cm³/mol. The second-order valence-corrected chi connectivity index (χ2v) is 3.59. The van der Waals surface area contributed by atoms with E-state index < -0.39 is 12.0 Å². The van der Waals surface area contributed by atoms with Crippen LogP contribution in [0.4, 0.5) is 8.78 Å². The number of nitrogens with two attached hydrogens (primary N) is 1. The highest BCUT2D eigenvalue weighted by molar-refractivity contribution is 4.82. The average Bonchev–Trinajstić information content (AvgIpc) is 2.30. The van der Waals surface area contributed by atoms with Gasteiger partial charge in [0.05, 0.1) is 6.10 Å². The minimum Gasteiger partial charge on any atom is -0.392 e. The molecule has 0 aromatic carbocycles. The Balaban J connectivity index is 2.28. The first-order chi connectivity index (χ1) is 5.53. The fraction of sp³-hybridized carbons (Fsp3) is 1.00. The van der Waals surface area contributed by atoms with E-state index in [4.69, 9.17) is 10.8 Å². The molecule has 1 aliphatic rings. The Bertz CT molecular complexity index is 152. The van der Waals surface area contributed by atoms with Crippen LogP contribution in [-0.2, 0) is 0 Å². The van der Waals surface area contributed by atoms with E-state index in [-0.39, 0.29) is 25.3 Å². The molecule has 1 fully saturated rings. The highest BCUT2D eigenvalue weighted by atomic mass is 19.3. The van der Waals surface area contributed by atoms with Crippen molar-refractivity contribution in [2.45, 2.75) is 37.7 Å². The molecular weight excluding hydrogens is 164 g/mol. The molecule has 0 amide bonds. The fourth-order valence-corrected chi connectivity index (χ4v) is 1.72. The molecule has 1 rings (SSSR count). The Morgan fingerprint density at radius 2 is 2.25 bits per heavy atom. The highest BCUT2D eigenvalue weighted by Crippen LogP contribution is 2.40. The summed E-state index contributed by atoms with van der Waals surface area (Å²) in [5.74, 6) is -2.54. The molecule has 0 radical (unpaired) electrons. The van der Waals surface area contributed by atoms with Crippen LogP contribution in [0, 0.1) is 5.92 Å². The lowest BCUT2D eigenvalue weighted by Crippen LogP contribution is -2.22. The van der Waals surface area contributed by atoms with Crippen LogP contribution in [-0.4, -0.2) is 23.7 Å². The lowest BCUT2D eigenvalue weighted by atomic mass is 10.00. The summed E-state index contributed by atoms with van der Waals surface area (Å²) < 4.78 is 25.3. The third-order valence-electron chi connectivity index (χ3n) is 2.38. The van der Waals surface area contributed by atoms with Crippen molar-refractivity contribution < 1.29 is 13.9 Å². The van der Waals surface area contributed by atoms with Gasteiger partial charge in [0.25, 0.3) is 0 Å². The minimum atomic E-state index is -2.50. The average molecular weight is 179 g/mol. The van der Waals surface area contributed by atoms with Gasteiger partial charge in [-0.1, -0.05) is 0 Å². The van der Waals surface area contributed by atoms with Crippen LogP contribution in [0.2, 0.25) is 0 Å². The molecule has 0 aromatic rings. The van der Waals surface area contributed by atoms with Gasteiger partial charge in [-0.25, -0.2) is 8.78 Å². The topological polar surface area (TPSA) is 46.2 Å². The largest absolute Gasteiger partial charge is 0.392 e. The molecule has 0 saturated heterocycles. The van der Waals surface area contributed by atoms with Gasteiger partial charge in [0, 0.05) is 19.4 Å². The van der Waals surface area contributed by atoms with E-state index in [2.05, 4.69) is 0 Å². The van der Waals surface area contributed by atoms with E-state index in [1.165, 1.54) is 0 Å². The molecule has 0 heterocycles. The number of hydrogen-bond donors (Lipinski definition) is 2. The highest BCUT2D eigenvalue weighted by Gasteiger charge is 2.39. The van der Waals surface area contributed by atoms with Crippen molar-refractivity contribution in [1.82, 2.24) is 0 Å². The van der Waals surface area contributed by atoms with Crippen molar-refractivity contribution in [3.8, 4) is 0 Å². The summed E-state index contributed by atoms with van der Waals surface area (Å²) >= 11 is 0. The van der Waals surface area contributed by atoms with Crippen molar-refractivity contribution in [2.75, 3.05) is 6.54 Å². The number of aliphatic hydroxyl groups is 1. The third-order valence-corrected chi connectivity index (χ3v) is 2.38. The first-order valence-electron chi connectivity index (χ1n) is 4.29. The lowest BCUT2D eigenvalue weighted by molar-refractivity contribution is 0.00279. The Morgan fingerprint density at radius 1 is 1.58 bits per heavy atom. The summed E-state index contributed by atoms with van der Waals surface area (Å²) in [6.07, 6.45) is 0.221. The first-order valence-corrected chi connectivity index (χ1v) is 4.29. The molecule has 2 unspecified atom stereocenters. The number of alkyl halides is 2. The van der Waals surface area contributed by atoms with E-state index in [0.717, 1.165) is 0 Å². The molecule has 0 aliphatic heterocycles. The van der Waals surface area contributed by atoms with Crippen LogP contribution in [0.5, 0.6) is 0 Å². The summed E-state index contributed by atoms with van der Waals surface area (Å²) in [7, 11) is 0. The van der Waals surface area contributed by atoms with E-state index in [0.29, 0.717) is 12.8 Å². The smallest absolute Gasteiger partial charge is 0.248 e. The predicted octanol–water partition coefficient (Wildman–Crippen LogP) is 1.13. The van der Waals surface area contributed by atoms with Gasteiger partial charge >= 0.3 is 0 Å². The van der Waals surface area contributed by atoms with Crippen LogP contribution in [0.3, 0.4) is 0 Å². The maximum absolute atomic E-state index is 12.6. The van der Waals surface area contributed by atoms with Gasteiger partial charge in [-0.15, -0.1) is 0 Å². The Kier molecular flexibility index (Phi) is 3.01. The number of rotatable bonds is 3. The molecule has 0 bridgehead atoms. The maximum Gasteiger partial charge on any atom is 0.248 e. The third kappa shape index (κ3) is 2.68. The molecule has 1 aliphatic carbocycles. The summed E-state index contributed by atoms with van der Waals surface area (Å²) in [4.78, 5) is 0. The Hall–Kier alpha value is -0.220. The van der Waals surface area contributed by atoms with Crippen molar-refractivity contribution >= 4 is 0 Å². The second-order valence-electron chi connectivity index (χ2n) is 3.59. The van der Waals surface area contributed by atoms with Gasteiger partial charge in [-0.3, -0.25) is 0 Å². The minimum absolute atomic E-state index is 0.0328. The normalized spacial score (nSPS) is 30.5. The zero-order valence-corrected chi connectivity index (χ0v) is 6.97. The van der Waals surface area contributed by atoms with Gasteiger partial charge in [-0.05, 0) is 18.8 Å². The van der Waals surface area contributed by atoms with Crippen LogP contribution in [0.1, 0.15) is 25.7 Å². The van der Waals surface area contributed by atoms with E-state index >= 15 is 0 Å². The number of halogens is 2. The molecular formula is C8H15F2NO. The summed E-state index contributed by atoms with van der Waals surface area (Å²) in [6, 6.07) is 0. The van der Waals surface area contributed by atoms with E-state index in [1.807, 2.05) is 0 Å². The standard InChI is InChI=1S/C8H15F2NO/c9-8(10)2-1-6(4-8)3-7(12)5-11/h6-7,12H,1-5,11H2. The van der Waals surface area contributed by atoms with Crippen LogP contribution < -0.4 is 5.73 Å². The van der Waals surface area contributed by atoms with Gasteiger partial charge in [0.1, 0.15) is 0 Å². The molecule has 4 heteroatoms. The van der Waals surface area contributed by atoms with Crippen molar-refractivity contribution in [3.05, 3.63) is 0 Å². The lowest BCUT2D eigenvalue weighted by Gasteiger charge is -2.13. The van der Waals surface area contributed by atoms with E-state index in [9.17, 15) is 8.78 Å². The van der Waals surface area contributed by atoms with Gasteiger partial charge in [0.15, 0.2) is 0 Å². The van der Waals surface area contributed by atoms with Gasteiger partial charge in [-0.2, -0.15) is 0 Å². The molecule has 1 saturated carbocycles. The van der Waals surface area contributed by atoms with Gasteiger partial charge < -0.3 is 10.8 Å². The molecule has 0 spiro atoms. The van der Waals surface area contributed by atoms with Crippen LogP contribution in [0.15, 0.2) is 0 Å². The summed E-state index contributed by atoms with van der Waals surface area (Å²) in [5.41, 5.74) is 5.18. The summed E-state index contributed by atoms with van der Waals surface area (Å²) in [5, 5.41) is 9.12. The van der Waals surface area contributed by atoms with Crippen LogP contribution >= 0.6 is 0 Å². The van der Waals surface area contributed by atoms with Crippen LogP contribution in [0.25, 0.3) is 0 Å². The maximum atomic E-state index is 12.6. The van der Waals surface area contributed by atoms with E-state index in [1.54, 1.807) is 0 Å². The monoisotopic (exact) mass is 179 g/mol. The SMILES string of the molecule is NCC(O)CC1CCC(F)(F)C1. The Morgan fingerprint density at radius 3 is 2.67 bits per heavy atom. The molecule has 12 heavy (non-hydrogen) atoms. The number of aliphatic hydroxyl groups excluding tert-OH is 1. The summed E-state index contributed by atoms with van der Waals surface area (Å²) in [6.45, 7) is 0.169.